The Kier molecular flexibility index (Phi) is 33.0. The van der Waals surface area contributed by atoms with Gasteiger partial charge in [0.15, 0.2) is 46.6 Å². The van der Waals surface area contributed by atoms with Gasteiger partial charge in [0.2, 0.25) is 0 Å². The number of aliphatic hydroxyl groups excluding tert-OH is 9. The summed E-state index contributed by atoms with van der Waals surface area (Å²) in [7, 11) is 2.87. The quantitative estimate of drug-likeness (QED) is 0.0847. The van der Waals surface area contributed by atoms with E-state index in [1.807, 2.05) is 49.5 Å². The molecule has 15 N–H and O–H groups in total. The molecule has 510 valence electrons. The van der Waals surface area contributed by atoms with Crippen molar-refractivity contribution in [2.45, 2.75) is 196 Å². The van der Waals surface area contributed by atoms with Crippen LogP contribution in [-0.2, 0) is 38.1 Å². The normalized spacial score (nSPS) is 35.2. The number of phenolic OH excluding ortho intramolecular Hbond substituents is 2. The monoisotopic (exact) mass is 1290 g/mol. The zero-order chi connectivity index (χ0) is 68.2. The van der Waals surface area contributed by atoms with E-state index in [9.17, 15) is 85.6 Å². The molecule has 0 amide bonds. The average molecular weight is 1290 g/mol. The van der Waals surface area contributed by atoms with E-state index in [1.165, 1.54) is 51.5 Å². The Balaban J connectivity index is 0.000000553. The highest BCUT2D eigenvalue weighted by Gasteiger charge is 2.51. The fraction of sp³-hybridized carbons (Fsp3) is 0.529. The van der Waals surface area contributed by atoms with Crippen LogP contribution in [0.4, 0.5) is 0 Å². The summed E-state index contributed by atoms with van der Waals surface area (Å²) in [5.74, 6) is -6.90. The predicted molar refractivity (Wildman–Crippen MR) is 339 cm³/mol. The van der Waals surface area contributed by atoms with Crippen molar-refractivity contribution in [2.24, 2.45) is 23.5 Å². The number of aromatic hydroxyl groups is 2. The zero-order valence-corrected chi connectivity index (χ0v) is 52.8. The number of ketones is 2. The number of aliphatic hydroxyl groups is 10. The fourth-order valence-corrected chi connectivity index (χ4v) is 10.4. The number of hydrogen-bond acceptors (Lipinski definition) is 23. The number of methoxy groups -OCH3 is 2. The van der Waals surface area contributed by atoms with Crippen molar-refractivity contribution in [3.63, 3.8) is 0 Å². The van der Waals surface area contributed by atoms with Crippen LogP contribution in [-0.4, -0.2) is 202 Å². The molecule has 0 spiro atoms. The van der Waals surface area contributed by atoms with Gasteiger partial charge in [-0.1, -0.05) is 111 Å². The van der Waals surface area contributed by atoms with Crippen molar-refractivity contribution in [3.05, 3.63) is 133 Å². The van der Waals surface area contributed by atoms with Crippen LogP contribution in [0.1, 0.15) is 109 Å². The second kappa shape index (κ2) is 39.1. The third-order valence-corrected chi connectivity index (χ3v) is 15.9. The van der Waals surface area contributed by atoms with Crippen LogP contribution in [0.3, 0.4) is 0 Å². The Bertz CT molecular complexity index is 2810. The highest BCUT2D eigenvalue weighted by atomic mass is 16.7. The molecule has 92 heavy (non-hydrogen) atoms. The van der Waals surface area contributed by atoms with Crippen LogP contribution >= 0.6 is 0 Å². The number of fused-ring (bicyclic) bond motifs is 2. The number of allylic oxidation sites excluding steroid dienone is 12. The van der Waals surface area contributed by atoms with Crippen molar-refractivity contribution in [1.29, 1.82) is 0 Å². The number of hydrogen-bond donors (Lipinski definition) is 14. The van der Waals surface area contributed by atoms with Crippen molar-refractivity contribution in [1.82, 2.24) is 0 Å². The highest BCUT2D eigenvalue weighted by Crippen LogP contribution is 2.39. The number of rotatable bonds is 11. The molecule has 9 unspecified atom stereocenters. The van der Waals surface area contributed by atoms with E-state index in [0.717, 1.165) is 12.8 Å². The average Bonchev–Trinajstić information content (AvgIpc) is 0.812. The van der Waals surface area contributed by atoms with Crippen LogP contribution in [0.5, 0.6) is 23.0 Å². The van der Waals surface area contributed by atoms with Crippen LogP contribution in [0.2, 0.25) is 0 Å². The minimum atomic E-state index is -2.35. The molecule has 2 bridgehead atoms. The second-order valence-electron chi connectivity index (χ2n) is 23.5. The van der Waals surface area contributed by atoms with Gasteiger partial charge in [-0.2, -0.15) is 0 Å². The first-order valence-electron chi connectivity index (χ1n) is 30.7. The van der Waals surface area contributed by atoms with Gasteiger partial charge in [-0.05, 0) is 99.9 Å². The SMILES string of the molecule is COc1cc(/C=C/C(=O)CC(=O)/C=C/c2ccc(O)c(OC)c2)ccc1O.C[C@@H]1[C@H](O)[C@@H](C)/C=C/C=C/CC/C=C/C=C/C=C/C=C/C(O[C@H]2O[C@H](C)[C@@H](O)[C@H](N)[C@@H]2O)CC2O[C@](O)(CC(O)C(O)CCC(O)CC(O)CC(O)CC(=O)O[C@H]1C)CC(O)C2C(=O)O. The molecular formula is C68H95NO23. The Hall–Kier alpha value is -6.72. The Labute approximate surface area is 536 Å². The molecule has 2 fully saturated rings. The maximum atomic E-state index is 12.6. The molecule has 3 aliphatic rings. The van der Waals surface area contributed by atoms with Gasteiger partial charge in [-0.3, -0.25) is 19.2 Å². The van der Waals surface area contributed by atoms with E-state index in [2.05, 4.69) is 0 Å². The van der Waals surface area contributed by atoms with Crippen LogP contribution < -0.4 is 15.2 Å². The number of carbonyl (C=O) groups is 4. The lowest BCUT2D eigenvalue weighted by Crippen LogP contribution is -2.61. The molecule has 3 aliphatic heterocycles. The molecule has 19 atom stereocenters. The maximum absolute atomic E-state index is 12.6. The molecule has 3 heterocycles. The van der Waals surface area contributed by atoms with Crippen molar-refractivity contribution >= 4 is 35.7 Å². The zero-order valence-electron chi connectivity index (χ0n) is 52.8. The van der Waals surface area contributed by atoms with Gasteiger partial charge in [0.25, 0.3) is 0 Å². The minimum Gasteiger partial charge on any atom is -0.504 e. The summed E-state index contributed by atoms with van der Waals surface area (Å²) in [6.45, 7) is 6.78. The van der Waals surface area contributed by atoms with E-state index in [4.69, 9.17) is 34.2 Å². The third-order valence-electron chi connectivity index (χ3n) is 15.9. The van der Waals surface area contributed by atoms with E-state index in [-0.39, 0.29) is 67.5 Å². The maximum Gasteiger partial charge on any atom is 0.311 e. The molecule has 2 saturated heterocycles. The highest BCUT2D eigenvalue weighted by molar-refractivity contribution is 6.10. The van der Waals surface area contributed by atoms with E-state index in [0.29, 0.717) is 22.6 Å². The van der Waals surface area contributed by atoms with E-state index in [1.54, 1.807) is 74.6 Å². The Morgan fingerprint density at radius 2 is 1.17 bits per heavy atom. The standard InChI is InChI=1S/C47H75NO17.C21H20O6/c1-27-17-15-13-11-9-7-5-6-8-10-12-14-16-18-34(64-46-44(58)41(48)43(57)30(4)63-46)24-38-40(45(59)60)37(54)26-47(61,65-38)25-36(53)35(52)20-19-31(49)21-32(50)22-33(51)23-39(55)62-29(3)28(2)42(27)56;1-26-20-11-14(5-9-18(20)24)3-7-16(22)13-17(23)8-4-15-6-10-19(25)21(12-15)27-2/h5-6,8,10-18,27-38,40-44,46,49-54,56-58,61H,7,9,19-26,48H2,1-4H3,(H,59,60);3-12,24-25H,13H2,1-2H3/b6-5+,10-8+,13-11+,14-12+,17-15+,18-16+;7-3+,8-4+/t27-,28-,29-,30+,31?,32?,33?,34?,35?,36?,37?,38?,40?,41-,42+,43+,44-,46+,47+;/m0./s1. The van der Waals surface area contributed by atoms with Gasteiger partial charge in [0.1, 0.15) is 18.1 Å². The molecule has 0 radical (unpaired) electrons. The molecular weight excluding hydrogens is 1200 g/mol. The number of nitrogens with two attached hydrogens (primary N) is 1. The van der Waals surface area contributed by atoms with Gasteiger partial charge in [-0.25, -0.2) is 0 Å². The predicted octanol–water partition coefficient (Wildman–Crippen LogP) is 4.31. The molecule has 0 aromatic heterocycles. The van der Waals surface area contributed by atoms with Crippen molar-refractivity contribution in [2.75, 3.05) is 14.2 Å². The molecule has 0 aliphatic carbocycles. The summed E-state index contributed by atoms with van der Waals surface area (Å²) in [4.78, 5) is 48.9. The number of aliphatic carboxylic acids is 1. The number of esters is 1. The number of phenols is 2. The number of carbonyl (C=O) groups excluding carboxylic acids is 3. The van der Waals surface area contributed by atoms with E-state index < -0.39 is 141 Å². The topological polar surface area (TPSA) is 413 Å². The smallest absolute Gasteiger partial charge is 0.311 e. The molecule has 2 aromatic rings. The second-order valence-corrected chi connectivity index (χ2v) is 23.5. The lowest BCUT2D eigenvalue weighted by Gasteiger charge is -2.45. The van der Waals surface area contributed by atoms with Crippen LogP contribution in [0, 0.1) is 17.8 Å². The van der Waals surface area contributed by atoms with Gasteiger partial charge in [0, 0.05) is 31.1 Å². The molecule has 5 rings (SSSR count). The van der Waals surface area contributed by atoms with Crippen molar-refractivity contribution in [3.8, 4) is 23.0 Å². The summed E-state index contributed by atoms with van der Waals surface area (Å²) >= 11 is 0. The molecule has 24 nitrogen and oxygen atoms in total. The van der Waals surface area contributed by atoms with Gasteiger partial charge in [-0.15, -0.1) is 0 Å². The first-order chi connectivity index (χ1) is 43.5. The Morgan fingerprint density at radius 1 is 0.641 bits per heavy atom. The summed E-state index contributed by atoms with van der Waals surface area (Å²) in [6, 6.07) is 8.20. The third kappa shape index (κ3) is 26.3. The van der Waals surface area contributed by atoms with Gasteiger partial charge in [0.05, 0.1) is 100 Å². The minimum absolute atomic E-state index is 0.00662. The van der Waals surface area contributed by atoms with Crippen LogP contribution in [0.25, 0.3) is 12.2 Å². The van der Waals surface area contributed by atoms with E-state index >= 15 is 0 Å². The number of ether oxygens (including phenoxy) is 6. The van der Waals surface area contributed by atoms with Crippen molar-refractivity contribution < 1.29 is 114 Å². The summed E-state index contributed by atoms with van der Waals surface area (Å²) in [6.07, 6.45) is 7.73. The van der Waals surface area contributed by atoms with Crippen LogP contribution in [0.15, 0.2) is 121 Å². The molecule has 24 heteroatoms. The van der Waals surface area contributed by atoms with Gasteiger partial charge >= 0.3 is 11.9 Å². The number of cyclic esters (lactones) is 1. The molecule has 2 aromatic carbocycles. The first-order valence-corrected chi connectivity index (χ1v) is 30.7. The summed E-state index contributed by atoms with van der Waals surface area (Å²) in [5.41, 5.74) is 7.35. The van der Waals surface area contributed by atoms with Gasteiger partial charge < -0.3 is 101 Å². The lowest BCUT2D eigenvalue weighted by molar-refractivity contribution is -0.310. The largest absolute Gasteiger partial charge is 0.504 e. The summed E-state index contributed by atoms with van der Waals surface area (Å²) in [5, 5.41) is 137. The summed E-state index contributed by atoms with van der Waals surface area (Å²) < 4.78 is 33.2. The number of carboxylic acids is 1. The Morgan fingerprint density at radius 3 is 1.75 bits per heavy atom. The fourth-order valence-electron chi connectivity index (χ4n) is 10.4. The number of benzene rings is 2. The lowest BCUT2D eigenvalue weighted by atomic mass is 9.82. The number of carboxylic acid groups (broad SMARTS) is 1. The molecule has 0 saturated carbocycles. The first kappa shape index (κ1) is 77.7.